The molecule has 1 N–H and O–H groups in total. The van der Waals surface area contributed by atoms with E-state index in [4.69, 9.17) is 11.6 Å². The van der Waals surface area contributed by atoms with Crippen molar-refractivity contribution in [2.45, 2.75) is 31.6 Å². The quantitative estimate of drug-likeness (QED) is 0.405. The van der Waals surface area contributed by atoms with Gasteiger partial charge in [0.2, 0.25) is 0 Å². The molecule has 0 saturated heterocycles. The van der Waals surface area contributed by atoms with Gasteiger partial charge in [-0.25, -0.2) is 0 Å². The molecule has 0 heterocycles. The molecule has 1 nitrogen and oxygen atoms in total. The Bertz CT molecular complexity index is 145. The van der Waals surface area contributed by atoms with Crippen LogP contribution in [-0.2, 0) is 0 Å². The number of nitrogens with one attached hydrogen (secondary N) is 1. The molecule has 0 spiro atoms. The molecule has 2 heteroatoms. The van der Waals surface area contributed by atoms with Crippen LogP contribution in [0.25, 0.3) is 0 Å². The van der Waals surface area contributed by atoms with Gasteiger partial charge < -0.3 is 5.32 Å². The molecule has 0 amide bonds. The lowest BCUT2D eigenvalue weighted by Crippen LogP contribution is -2.21. The van der Waals surface area contributed by atoms with Crippen molar-refractivity contribution in [3.63, 3.8) is 0 Å². The first kappa shape index (κ1) is 10.1. The van der Waals surface area contributed by atoms with Crippen LogP contribution < -0.4 is 5.32 Å². The van der Waals surface area contributed by atoms with Gasteiger partial charge >= 0.3 is 0 Å². The number of halogens is 1. The van der Waals surface area contributed by atoms with Gasteiger partial charge in [0.25, 0.3) is 0 Å². The van der Waals surface area contributed by atoms with E-state index in [1.807, 2.05) is 6.92 Å². The van der Waals surface area contributed by atoms with Crippen molar-refractivity contribution < 1.29 is 0 Å². The predicted octanol–water partition coefficient (Wildman–Crippen LogP) is 2.56. The lowest BCUT2D eigenvalue weighted by atomic mass is 10.1. The summed E-state index contributed by atoms with van der Waals surface area (Å²) in [6.45, 7) is 4.18. The van der Waals surface area contributed by atoms with Crippen molar-refractivity contribution in [3.8, 4) is 0 Å². The van der Waals surface area contributed by atoms with Gasteiger partial charge in [0, 0.05) is 11.9 Å². The van der Waals surface area contributed by atoms with Crippen LogP contribution in [0.2, 0.25) is 0 Å². The summed E-state index contributed by atoms with van der Waals surface area (Å²) in [5, 5.41) is 3.85. The summed E-state index contributed by atoms with van der Waals surface area (Å²) in [4.78, 5) is 0. The third kappa shape index (κ3) is 3.59. The maximum absolute atomic E-state index is 6.01. The highest BCUT2D eigenvalue weighted by Crippen LogP contribution is 2.28. The number of hydrogen-bond donors (Lipinski definition) is 1. The third-order valence-corrected chi connectivity index (χ3v) is 2.80. The molecule has 0 aromatic heterocycles. The average molecular weight is 188 g/mol. The molecular formula is C10H18ClN. The van der Waals surface area contributed by atoms with Gasteiger partial charge in [-0.15, -0.1) is 11.6 Å². The van der Waals surface area contributed by atoms with Crippen LogP contribution >= 0.6 is 11.6 Å². The lowest BCUT2D eigenvalue weighted by molar-refractivity contribution is 0.505. The number of rotatable bonds is 4. The molecule has 1 aliphatic carbocycles. The van der Waals surface area contributed by atoms with Crippen molar-refractivity contribution in [1.29, 1.82) is 0 Å². The van der Waals surface area contributed by atoms with E-state index >= 15 is 0 Å². The van der Waals surface area contributed by atoms with Crippen molar-refractivity contribution in [3.05, 3.63) is 12.2 Å². The van der Waals surface area contributed by atoms with Crippen molar-refractivity contribution >= 4 is 11.6 Å². The van der Waals surface area contributed by atoms with E-state index in [-0.39, 0.29) is 0 Å². The third-order valence-electron chi connectivity index (χ3n) is 2.41. The molecule has 2 atom stereocenters. The molecule has 12 heavy (non-hydrogen) atoms. The number of hydrogen-bond acceptors (Lipinski definition) is 1. The monoisotopic (exact) mass is 187 g/mol. The van der Waals surface area contributed by atoms with E-state index in [1.165, 1.54) is 19.3 Å². The smallest absolute Gasteiger partial charge is 0.0339 e. The maximum atomic E-state index is 6.01. The maximum Gasteiger partial charge on any atom is 0.0339 e. The minimum absolute atomic E-state index is 0.443. The zero-order chi connectivity index (χ0) is 8.81. The highest BCUT2D eigenvalue weighted by Gasteiger charge is 2.21. The Hall–Kier alpha value is -0.0100. The van der Waals surface area contributed by atoms with Crippen molar-refractivity contribution in [1.82, 2.24) is 5.32 Å². The fourth-order valence-corrected chi connectivity index (χ4v) is 2.07. The van der Waals surface area contributed by atoms with Crippen LogP contribution in [0.4, 0.5) is 0 Å². The molecule has 1 fully saturated rings. The normalized spacial score (nSPS) is 30.2. The Balaban J connectivity index is 2.00. The van der Waals surface area contributed by atoms with Crippen LogP contribution in [0.3, 0.4) is 0 Å². The topological polar surface area (TPSA) is 12.0 Å². The molecule has 1 aliphatic rings. The van der Waals surface area contributed by atoms with Gasteiger partial charge in [0.1, 0.15) is 0 Å². The van der Waals surface area contributed by atoms with Crippen LogP contribution in [0.15, 0.2) is 12.2 Å². The molecule has 70 valence electrons. The lowest BCUT2D eigenvalue weighted by Gasteiger charge is -2.08. The molecule has 0 aromatic carbocycles. The highest BCUT2D eigenvalue weighted by atomic mass is 35.5. The van der Waals surface area contributed by atoms with Gasteiger partial charge in [-0.2, -0.15) is 0 Å². The second-order valence-electron chi connectivity index (χ2n) is 3.50. The highest BCUT2D eigenvalue weighted by molar-refractivity contribution is 6.20. The SMILES string of the molecule is C/C=C/CNCC1CCC(Cl)C1. The van der Waals surface area contributed by atoms with Crippen LogP contribution in [0.5, 0.6) is 0 Å². The largest absolute Gasteiger partial charge is 0.313 e. The summed E-state index contributed by atoms with van der Waals surface area (Å²) >= 11 is 6.01. The van der Waals surface area contributed by atoms with E-state index in [0.717, 1.165) is 19.0 Å². The number of alkyl halides is 1. The van der Waals surface area contributed by atoms with E-state index < -0.39 is 0 Å². The van der Waals surface area contributed by atoms with Crippen molar-refractivity contribution in [2.75, 3.05) is 13.1 Å². The van der Waals surface area contributed by atoms with Gasteiger partial charge in [0.15, 0.2) is 0 Å². The summed E-state index contributed by atoms with van der Waals surface area (Å²) < 4.78 is 0. The Morgan fingerprint density at radius 3 is 2.92 bits per heavy atom. The summed E-state index contributed by atoms with van der Waals surface area (Å²) in [7, 11) is 0. The number of allylic oxidation sites excluding steroid dienone is 1. The zero-order valence-electron chi connectivity index (χ0n) is 7.72. The van der Waals surface area contributed by atoms with Crippen molar-refractivity contribution in [2.24, 2.45) is 5.92 Å². The summed E-state index contributed by atoms with van der Waals surface area (Å²) in [5.41, 5.74) is 0. The average Bonchev–Trinajstić information content (AvgIpc) is 2.45. The summed E-state index contributed by atoms with van der Waals surface area (Å²) in [6, 6.07) is 0. The van der Waals surface area contributed by atoms with Crippen LogP contribution in [0.1, 0.15) is 26.2 Å². The van der Waals surface area contributed by atoms with Gasteiger partial charge in [0.05, 0.1) is 0 Å². The molecule has 0 radical (unpaired) electrons. The second kappa shape index (κ2) is 5.60. The predicted molar refractivity (Wildman–Crippen MR) is 54.7 cm³/mol. The van der Waals surface area contributed by atoms with Crippen LogP contribution in [0, 0.1) is 5.92 Å². The Morgan fingerprint density at radius 1 is 1.50 bits per heavy atom. The van der Waals surface area contributed by atoms with Gasteiger partial charge in [-0.3, -0.25) is 0 Å². The first-order valence-electron chi connectivity index (χ1n) is 4.79. The summed E-state index contributed by atoms with van der Waals surface area (Å²) in [6.07, 6.45) is 7.93. The Labute approximate surface area is 80.2 Å². The molecular weight excluding hydrogens is 170 g/mol. The molecule has 0 aliphatic heterocycles. The second-order valence-corrected chi connectivity index (χ2v) is 4.12. The molecule has 0 aromatic rings. The fraction of sp³-hybridized carbons (Fsp3) is 0.800. The molecule has 1 saturated carbocycles. The molecule has 0 bridgehead atoms. The molecule has 1 rings (SSSR count). The standard InChI is InChI=1S/C10H18ClN/c1-2-3-6-12-8-9-4-5-10(11)7-9/h2-3,9-10,12H,4-8H2,1H3/b3-2+. The first-order chi connectivity index (χ1) is 5.83. The van der Waals surface area contributed by atoms with E-state index in [9.17, 15) is 0 Å². The first-order valence-corrected chi connectivity index (χ1v) is 5.22. The van der Waals surface area contributed by atoms with E-state index in [1.54, 1.807) is 0 Å². The molecule has 2 unspecified atom stereocenters. The fourth-order valence-electron chi connectivity index (χ4n) is 1.69. The van der Waals surface area contributed by atoms with Crippen LogP contribution in [-0.4, -0.2) is 18.5 Å². The Kier molecular flexibility index (Phi) is 4.70. The van der Waals surface area contributed by atoms with E-state index in [2.05, 4.69) is 17.5 Å². The zero-order valence-corrected chi connectivity index (χ0v) is 8.48. The minimum Gasteiger partial charge on any atom is -0.313 e. The summed E-state index contributed by atoms with van der Waals surface area (Å²) in [5.74, 6) is 0.817. The van der Waals surface area contributed by atoms with Gasteiger partial charge in [-0.05, 0) is 38.6 Å². The van der Waals surface area contributed by atoms with Gasteiger partial charge in [-0.1, -0.05) is 12.2 Å². The minimum atomic E-state index is 0.443. The van der Waals surface area contributed by atoms with E-state index in [0.29, 0.717) is 5.38 Å². The Morgan fingerprint density at radius 2 is 2.33 bits per heavy atom.